The lowest BCUT2D eigenvalue weighted by molar-refractivity contribution is -0.0308. The van der Waals surface area contributed by atoms with Crippen LogP contribution in [-0.4, -0.2) is 37.6 Å². The fourth-order valence-electron chi connectivity index (χ4n) is 6.06. The largest absolute Gasteiger partial charge is 0.465 e. The molecule has 6 rings (SSSR count). The molecular weight excluding hydrogens is 734 g/mol. The van der Waals surface area contributed by atoms with E-state index in [0.29, 0.717) is 37.6 Å². The summed E-state index contributed by atoms with van der Waals surface area (Å²) in [5, 5.41) is 10.8. The monoisotopic (exact) mass is 768 g/mol. The molecule has 51 heavy (non-hydrogen) atoms. The van der Waals surface area contributed by atoms with Crippen LogP contribution in [0.25, 0.3) is 0 Å². The van der Waals surface area contributed by atoms with Gasteiger partial charge in [0.05, 0.1) is 36.8 Å². The maximum atomic E-state index is 11.8. The fourth-order valence-corrected chi connectivity index (χ4v) is 7.11. The van der Waals surface area contributed by atoms with E-state index in [0.717, 1.165) is 44.8 Å². The fraction of sp³-hybridized carbons (Fsp3) is 0.282. The van der Waals surface area contributed by atoms with Gasteiger partial charge < -0.3 is 19.1 Å². The predicted molar refractivity (Wildman–Crippen MR) is 202 cm³/mol. The van der Waals surface area contributed by atoms with Gasteiger partial charge in [0.15, 0.2) is 11.2 Å². The van der Waals surface area contributed by atoms with E-state index in [4.69, 9.17) is 65.6 Å². The number of hydrogen-bond acceptors (Lipinski definition) is 8. The number of halogens is 4. The Morgan fingerprint density at radius 2 is 1.16 bits per heavy atom. The van der Waals surface area contributed by atoms with E-state index in [-0.39, 0.29) is 17.9 Å². The summed E-state index contributed by atoms with van der Waals surface area (Å²) in [6.07, 6.45) is 0.570. The number of carbonyl (C=O) groups excluding carboxylic acids is 2. The van der Waals surface area contributed by atoms with Crippen molar-refractivity contribution in [3.8, 4) is 0 Å². The molecule has 0 aliphatic carbocycles. The molecule has 4 aromatic carbocycles. The van der Waals surface area contributed by atoms with Gasteiger partial charge >= 0.3 is 11.9 Å². The van der Waals surface area contributed by atoms with Crippen LogP contribution in [0.1, 0.15) is 81.3 Å². The van der Waals surface area contributed by atoms with E-state index in [1.165, 1.54) is 14.2 Å². The molecule has 12 heteroatoms. The lowest BCUT2D eigenvalue weighted by Crippen LogP contribution is -2.31. The number of hydrogen-bond donors (Lipinski definition) is 0. The molecule has 4 aromatic rings. The Balaban J connectivity index is 0.000000198. The Labute approximate surface area is 317 Å². The molecule has 0 aromatic heterocycles. The zero-order chi connectivity index (χ0) is 37.2. The molecule has 266 valence electrons. The summed E-state index contributed by atoms with van der Waals surface area (Å²) >= 11 is 24.5. The highest BCUT2D eigenvalue weighted by Crippen LogP contribution is 2.43. The topological polar surface area (TPSA) is 95.8 Å². The molecule has 0 spiro atoms. The van der Waals surface area contributed by atoms with Crippen LogP contribution in [0.3, 0.4) is 0 Å². The zero-order valence-electron chi connectivity index (χ0n) is 29.1. The van der Waals surface area contributed by atoms with Gasteiger partial charge in [-0.15, -0.1) is 0 Å². The van der Waals surface area contributed by atoms with Crippen molar-refractivity contribution in [2.24, 2.45) is 16.2 Å². The van der Waals surface area contributed by atoms with Gasteiger partial charge in [-0.2, -0.15) is 0 Å². The summed E-state index contributed by atoms with van der Waals surface area (Å²) in [6, 6.07) is 21.7. The average molecular weight is 771 g/mol. The van der Waals surface area contributed by atoms with Crippen LogP contribution >= 0.6 is 46.4 Å². The Morgan fingerprint density at radius 1 is 0.686 bits per heavy atom. The highest BCUT2D eigenvalue weighted by molar-refractivity contribution is 6.35. The number of benzene rings is 4. The lowest BCUT2D eigenvalue weighted by Gasteiger charge is -2.28. The minimum atomic E-state index is -0.682. The van der Waals surface area contributed by atoms with Crippen molar-refractivity contribution >= 4 is 69.8 Å². The van der Waals surface area contributed by atoms with Gasteiger partial charge in [0, 0.05) is 49.1 Å². The Hall–Kier alpha value is -4.08. The summed E-state index contributed by atoms with van der Waals surface area (Å²) in [7, 11) is 2.74. The first-order valence-corrected chi connectivity index (χ1v) is 17.4. The molecule has 0 fully saturated rings. The number of carbonyl (C=O) groups is 2. The maximum absolute atomic E-state index is 11.8. The second kappa shape index (κ2) is 15.3. The standard InChI is InChI=1S/C20H19Cl2NO3.C19H17Cl2NO3/c1-11-7-13(5-6-17(11)19(24)25-4)18-12(2)20(3,26-23-18)14-8-15(21)10-16(22)9-14;1-11-6-12(4-5-16(11)18(23)24-3)17-10-19(2,25-22-17)13-7-14(20)9-15(21)8-13/h5-10,12H,1-4H3;4-9H,10H2,1-3H3. The first-order valence-electron chi connectivity index (χ1n) is 15.9. The lowest BCUT2D eigenvalue weighted by atomic mass is 9.80. The molecule has 2 heterocycles. The molecular formula is C39H36Cl4N2O6. The molecule has 3 unspecified atom stereocenters. The van der Waals surface area contributed by atoms with Crippen LogP contribution in [0.2, 0.25) is 20.1 Å². The molecule has 2 aliphatic heterocycles. The van der Waals surface area contributed by atoms with Crippen molar-refractivity contribution in [1.29, 1.82) is 0 Å². The highest BCUT2D eigenvalue weighted by atomic mass is 35.5. The second-order valence-electron chi connectivity index (χ2n) is 12.8. The number of nitrogens with zero attached hydrogens (tertiary/aromatic N) is 2. The van der Waals surface area contributed by atoms with Gasteiger partial charge in [-0.3, -0.25) is 0 Å². The summed E-state index contributed by atoms with van der Waals surface area (Å²) < 4.78 is 9.57. The number of oxime groups is 2. The number of ether oxygens (including phenoxy) is 2. The molecule has 0 N–H and O–H groups in total. The van der Waals surface area contributed by atoms with Crippen LogP contribution < -0.4 is 0 Å². The van der Waals surface area contributed by atoms with Gasteiger partial charge in [-0.1, -0.05) is 75.8 Å². The van der Waals surface area contributed by atoms with Crippen molar-refractivity contribution in [1.82, 2.24) is 0 Å². The molecule has 2 aliphatic rings. The van der Waals surface area contributed by atoms with E-state index in [9.17, 15) is 9.59 Å². The minimum Gasteiger partial charge on any atom is -0.465 e. The third-order valence-corrected chi connectivity index (χ3v) is 10.1. The van der Waals surface area contributed by atoms with Crippen molar-refractivity contribution in [3.05, 3.63) is 137 Å². The third kappa shape index (κ3) is 8.05. The van der Waals surface area contributed by atoms with Crippen LogP contribution in [-0.2, 0) is 30.4 Å². The van der Waals surface area contributed by atoms with Crippen LogP contribution in [0.15, 0.2) is 83.1 Å². The minimum absolute atomic E-state index is 0.0413. The van der Waals surface area contributed by atoms with Crippen molar-refractivity contribution < 1.29 is 28.7 Å². The predicted octanol–water partition coefficient (Wildman–Crippen LogP) is 10.5. The highest BCUT2D eigenvalue weighted by Gasteiger charge is 2.44. The molecule has 0 radical (unpaired) electrons. The first kappa shape index (κ1) is 38.2. The van der Waals surface area contributed by atoms with E-state index in [1.807, 2.05) is 83.1 Å². The Morgan fingerprint density at radius 3 is 1.65 bits per heavy atom. The second-order valence-corrected chi connectivity index (χ2v) is 14.5. The van der Waals surface area contributed by atoms with Gasteiger partial charge in [0.2, 0.25) is 0 Å². The maximum Gasteiger partial charge on any atom is 0.338 e. The van der Waals surface area contributed by atoms with Crippen LogP contribution in [0.5, 0.6) is 0 Å². The van der Waals surface area contributed by atoms with Crippen LogP contribution in [0.4, 0.5) is 0 Å². The number of rotatable bonds is 6. The summed E-state index contributed by atoms with van der Waals surface area (Å²) in [4.78, 5) is 35.1. The van der Waals surface area contributed by atoms with Gasteiger partial charge in [0.1, 0.15) is 0 Å². The summed E-state index contributed by atoms with van der Waals surface area (Å²) in [5.74, 6) is -0.752. The first-order chi connectivity index (χ1) is 24.1. The molecule has 3 atom stereocenters. The Bertz CT molecular complexity index is 2040. The molecule has 0 saturated carbocycles. The average Bonchev–Trinajstić information content (AvgIpc) is 3.64. The quantitative estimate of drug-likeness (QED) is 0.181. The molecule has 0 saturated heterocycles. The van der Waals surface area contributed by atoms with Gasteiger partial charge in [-0.05, 0) is 105 Å². The number of aryl methyl sites for hydroxylation is 2. The third-order valence-electron chi connectivity index (χ3n) is 9.23. The summed E-state index contributed by atoms with van der Waals surface area (Å²) in [6.45, 7) is 9.69. The van der Waals surface area contributed by atoms with Gasteiger partial charge in [-0.25, -0.2) is 9.59 Å². The number of esters is 2. The SMILES string of the molecule is COC(=O)c1ccc(C2=NOC(C)(c3cc(Cl)cc(Cl)c3)C2)cc1C.COC(=O)c1ccc(C2=NOC(C)(c3cc(Cl)cc(Cl)c3)C2C)cc1C. The smallest absolute Gasteiger partial charge is 0.338 e. The van der Waals surface area contributed by atoms with Gasteiger partial charge in [0.25, 0.3) is 0 Å². The normalized spacial score (nSPS) is 20.6. The molecule has 0 bridgehead atoms. The molecule has 0 amide bonds. The molecule has 8 nitrogen and oxygen atoms in total. The van der Waals surface area contributed by atoms with E-state index < -0.39 is 11.2 Å². The zero-order valence-corrected chi connectivity index (χ0v) is 32.1. The van der Waals surface area contributed by atoms with Crippen molar-refractivity contribution in [2.75, 3.05) is 14.2 Å². The number of methoxy groups -OCH3 is 2. The van der Waals surface area contributed by atoms with Crippen molar-refractivity contribution in [2.45, 2.75) is 52.2 Å². The van der Waals surface area contributed by atoms with E-state index in [2.05, 4.69) is 10.3 Å². The van der Waals surface area contributed by atoms with E-state index >= 15 is 0 Å². The Kier molecular flexibility index (Phi) is 11.4. The van der Waals surface area contributed by atoms with E-state index in [1.54, 1.807) is 24.3 Å². The summed E-state index contributed by atoms with van der Waals surface area (Å²) in [5.41, 5.74) is 6.55. The van der Waals surface area contributed by atoms with Crippen LogP contribution in [0, 0.1) is 19.8 Å². The van der Waals surface area contributed by atoms with Crippen molar-refractivity contribution in [3.63, 3.8) is 0 Å².